The molecule has 0 aliphatic rings. The van der Waals surface area contributed by atoms with E-state index in [2.05, 4.69) is 26.1 Å². The largest absolute Gasteiger partial charge is 0.313 e. The molecular formula is C14H22FN. The van der Waals surface area contributed by atoms with Crippen LogP contribution in [0, 0.1) is 11.2 Å². The summed E-state index contributed by atoms with van der Waals surface area (Å²) in [7, 11) is 0. The van der Waals surface area contributed by atoms with Gasteiger partial charge in [0, 0.05) is 12.1 Å². The molecule has 0 fully saturated rings. The van der Waals surface area contributed by atoms with Crippen LogP contribution in [0.25, 0.3) is 0 Å². The summed E-state index contributed by atoms with van der Waals surface area (Å²) in [5, 5.41) is 3.28. The number of hydrogen-bond acceptors (Lipinski definition) is 1. The lowest BCUT2D eigenvalue weighted by atomic mass is 9.91. The molecule has 1 rings (SSSR count). The summed E-state index contributed by atoms with van der Waals surface area (Å²) in [5.41, 5.74) is 1.14. The first-order chi connectivity index (χ1) is 7.49. The van der Waals surface area contributed by atoms with Crippen molar-refractivity contribution < 1.29 is 4.39 Å². The van der Waals surface area contributed by atoms with Crippen LogP contribution >= 0.6 is 0 Å². The third-order valence-corrected chi connectivity index (χ3v) is 2.55. The van der Waals surface area contributed by atoms with E-state index in [-0.39, 0.29) is 5.82 Å². The summed E-state index contributed by atoms with van der Waals surface area (Å²) >= 11 is 0. The molecule has 1 N–H and O–H groups in total. The number of hydrogen-bond donors (Lipinski definition) is 1. The van der Waals surface area contributed by atoms with Crippen molar-refractivity contribution in [1.82, 2.24) is 5.32 Å². The van der Waals surface area contributed by atoms with E-state index in [1.807, 2.05) is 12.1 Å². The predicted octanol–water partition coefficient (Wildman–Crippen LogP) is 3.74. The Hall–Kier alpha value is -0.890. The molecule has 1 aromatic rings. The fourth-order valence-electron chi connectivity index (χ4n) is 1.61. The molecule has 0 atom stereocenters. The average Bonchev–Trinajstić information content (AvgIpc) is 2.18. The van der Waals surface area contributed by atoms with Gasteiger partial charge in [0.15, 0.2) is 0 Å². The highest BCUT2D eigenvalue weighted by molar-refractivity contribution is 5.16. The number of rotatable bonds is 5. The lowest BCUT2D eigenvalue weighted by Gasteiger charge is -2.17. The van der Waals surface area contributed by atoms with Crippen LogP contribution in [0.4, 0.5) is 4.39 Å². The van der Waals surface area contributed by atoms with E-state index in [0.717, 1.165) is 18.5 Å². The molecular weight excluding hydrogens is 201 g/mol. The molecule has 0 spiro atoms. The molecule has 2 heteroatoms. The maximum absolute atomic E-state index is 13.2. The van der Waals surface area contributed by atoms with Gasteiger partial charge in [0.1, 0.15) is 5.82 Å². The van der Waals surface area contributed by atoms with Crippen molar-refractivity contribution in [3.8, 4) is 0 Å². The van der Waals surface area contributed by atoms with E-state index in [0.29, 0.717) is 12.0 Å². The molecule has 0 unspecified atom stereocenters. The zero-order valence-corrected chi connectivity index (χ0v) is 10.5. The molecule has 0 aromatic heterocycles. The van der Waals surface area contributed by atoms with Crippen LogP contribution in [0.5, 0.6) is 0 Å². The van der Waals surface area contributed by atoms with Crippen LogP contribution in [0.15, 0.2) is 24.3 Å². The highest BCUT2D eigenvalue weighted by Gasteiger charge is 2.08. The Morgan fingerprint density at radius 1 is 1.19 bits per heavy atom. The van der Waals surface area contributed by atoms with Crippen molar-refractivity contribution in [2.45, 2.75) is 40.2 Å². The van der Waals surface area contributed by atoms with Crippen molar-refractivity contribution in [2.24, 2.45) is 5.41 Å². The van der Waals surface area contributed by atoms with Gasteiger partial charge in [0.25, 0.3) is 0 Å². The first-order valence-electron chi connectivity index (χ1n) is 5.93. The lowest BCUT2D eigenvalue weighted by Crippen LogP contribution is -2.17. The fraction of sp³-hybridized carbons (Fsp3) is 0.571. The molecule has 1 aromatic carbocycles. The second kappa shape index (κ2) is 6.00. The number of nitrogens with one attached hydrogen (secondary N) is 1. The Kier molecular flexibility index (Phi) is 4.94. The molecule has 1 nitrogen and oxygen atoms in total. The van der Waals surface area contributed by atoms with Gasteiger partial charge in [-0.25, -0.2) is 4.39 Å². The molecule has 0 heterocycles. The molecule has 90 valence electrons. The minimum Gasteiger partial charge on any atom is -0.313 e. The molecule has 0 aliphatic carbocycles. The molecule has 0 bridgehead atoms. The Balaban J connectivity index is 2.19. The Morgan fingerprint density at radius 3 is 2.50 bits per heavy atom. The maximum atomic E-state index is 13.2. The summed E-state index contributed by atoms with van der Waals surface area (Å²) in [6, 6.07) is 6.92. The molecule has 0 amide bonds. The zero-order valence-electron chi connectivity index (χ0n) is 10.5. The third-order valence-electron chi connectivity index (χ3n) is 2.55. The molecule has 0 aliphatic heterocycles. The minimum absolute atomic E-state index is 0.120. The minimum atomic E-state index is -0.120. The van der Waals surface area contributed by atoms with Crippen LogP contribution in [-0.4, -0.2) is 6.54 Å². The smallest absolute Gasteiger partial charge is 0.127 e. The summed E-state index contributed by atoms with van der Waals surface area (Å²) in [6.07, 6.45) is 2.33. The second-order valence-corrected chi connectivity index (χ2v) is 5.43. The first-order valence-corrected chi connectivity index (χ1v) is 5.93. The third kappa shape index (κ3) is 5.26. The van der Waals surface area contributed by atoms with Gasteiger partial charge >= 0.3 is 0 Å². The SMILES string of the molecule is CC(C)(C)CCCNCc1ccccc1F. The van der Waals surface area contributed by atoms with Gasteiger partial charge < -0.3 is 5.32 Å². The maximum Gasteiger partial charge on any atom is 0.127 e. The van der Waals surface area contributed by atoms with Crippen LogP contribution in [0.3, 0.4) is 0 Å². The van der Waals surface area contributed by atoms with Crippen LogP contribution in [-0.2, 0) is 6.54 Å². The summed E-state index contributed by atoms with van der Waals surface area (Å²) in [5.74, 6) is -0.120. The van der Waals surface area contributed by atoms with E-state index < -0.39 is 0 Å². The second-order valence-electron chi connectivity index (χ2n) is 5.43. The van der Waals surface area contributed by atoms with Gasteiger partial charge in [-0.2, -0.15) is 0 Å². The van der Waals surface area contributed by atoms with E-state index in [9.17, 15) is 4.39 Å². The van der Waals surface area contributed by atoms with Crippen molar-refractivity contribution in [3.63, 3.8) is 0 Å². The Bertz CT molecular complexity index is 315. The average molecular weight is 223 g/mol. The highest BCUT2D eigenvalue weighted by Crippen LogP contribution is 2.19. The monoisotopic (exact) mass is 223 g/mol. The van der Waals surface area contributed by atoms with Crippen LogP contribution < -0.4 is 5.32 Å². The van der Waals surface area contributed by atoms with Crippen LogP contribution in [0.1, 0.15) is 39.2 Å². The normalized spacial score (nSPS) is 11.8. The topological polar surface area (TPSA) is 12.0 Å². The van der Waals surface area contributed by atoms with Gasteiger partial charge in [-0.3, -0.25) is 0 Å². The van der Waals surface area contributed by atoms with E-state index >= 15 is 0 Å². The Morgan fingerprint density at radius 2 is 1.88 bits per heavy atom. The molecule has 0 saturated heterocycles. The Labute approximate surface area is 98.1 Å². The van der Waals surface area contributed by atoms with E-state index in [1.54, 1.807) is 6.07 Å². The van der Waals surface area contributed by atoms with Crippen LogP contribution in [0.2, 0.25) is 0 Å². The fourth-order valence-corrected chi connectivity index (χ4v) is 1.61. The van der Waals surface area contributed by atoms with Crippen molar-refractivity contribution in [3.05, 3.63) is 35.6 Å². The van der Waals surface area contributed by atoms with Gasteiger partial charge in [0.2, 0.25) is 0 Å². The van der Waals surface area contributed by atoms with E-state index in [4.69, 9.17) is 0 Å². The standard InChI is InChI=1S/C14H22FN/c1-14(2,3)9-6-10-16-11-12-7-4-5-8-13(12)15/h4-5,7-8,16H,6,9-11H2,1-3H3. The summed E-state index contributed by atoms with van der Waals surface area (Å²) in [4.78, 5) is 0. The van der Waals surface area contributed by atoms with Gasteiger partial charge in [-0.15, -0.1) is 0 Å². The zero-order chi connectivity index (χ0) is 12.0. The molecule has 0 radical (unpaired) electrons. The number of benzene rings is 1. The first kappa shape index (κ1) is 13.2. The van der Waals surface area contributed by atoms with Crippen molar-refractivity contribution >= 4 is 0 Å². The van der Waals surface area contributed by atoms with Gasteiger partial charge in [-0.05, 0) is 30.9 Å². The van der Waals surface area contributed by atoms with Gasteiger partial charge in [0.05, 0.1) is 0 Å². The quantitative estimate of drug-likeness (QED) is 0.750. The highest BCUT2D eigenvalue weighted by atomic mass is 19.1. The van der Waals surface area contributed by atoms with Crippen molar-refractivity contribution in [2.75, 3.05) is 6.54 Å². The predicted molar refractivity (Wildman–Crippen MR) is 66.8 cm³/mol. The molecule has 0 saturated carbocycles. The van der Waals surface area contributed by atoms with Crippen molar-refractivity contribution in [1.29, 1.82) is 0 Å². The number of halogens is 1. The van der Waals surface area contributed by atoms with E-state index in [1.165, 1.54) is 12.5 Å². The lowest BCUT2D eigenvalue weighted by molar-refractivity contribution is 0.360. The summed E-state index contributed by atoms with van der Waals surface area (Å²) < 4.78 is 13.2. The molecule has 16 heavy (non-hydrogen) atoms. The summed E-state index contributed by atoms with van der Waals surface area (Å²) in [6.45, 7) is 8.29. The van der Waals surface area contributed by atoms with Gasteiger partial charge in [-0.1, -0.05) is 39.0 Å².